The van der Waals surface area contributed by atoms with Crippen LogP contribution in [-0.2, 0) is 4.79 Å². The summed E-state index contributed by atoms with van der Waals surface area (Å²) >= 11 is 1.57. The second-order valence-electron chi connectivity index (χ2n) is 7.10. The second kappa shape index (κ2) is 9.06. The molecule has 1 aliphatic rings. The van der Waals surface area contributed by atoms with Crippen LogP contribution in [0.1, 0.15) is 32.7 Å². The maximum atomic E-state index is 12.5. The molecule has 31 heavy (non-hydrogen) atoms. The Labute approximate surface area is 184 Å². The molecule has 3 aromatic rings. The van der Waals surface area contributed by atoms with Gasteiger partial charge in [-0.2, -0.15) is 0 Å². The predicted octanol–water partition coefficient (Wildman–Crippen LogP) is 4.90. The van der Waals surface area contributed by atoms with E-state index in [0.717, 1.165) is 10.5 Å². The molecular weight excluding hydrogens is 412 g/mol. The van der Waals surface area contributed by atoms with E-state index in [1.165, 1.54) is 0 Å². The van der Waals surface area contributed by atoms with Gasteiger partial charge in [0.1, 0.15) is 5.75 Å². The molecule has 0 spiro atoms. The van der Waals surface area contributed by atoms with Crippen LogP contribution in [0.25, 0.3) is 0 Å². The average Bonchev–Trinajstić information content (AvgIpc) is 2.95. The van der Waals surface area contributed by atoms with Crippen LogP contribution < -0.4 is 15.4 Å². The van der Waals surface area contributed by atoms with Crippen LogP contribution >= 0.6 is 11.8 Å². The van der Waals surface area contributed by atoms with Crippen molar-refractivity contribution in [3.63, 3.8) is 0 Å². The Hall–Kier alpha value is -3.58. The second-order valence-corrected chi connectivity index (χ2v) is 8.23. The molecule has 0 aromatic heterocycles. The third-order valence-corrected chi connectivity index (χ3v) is 5.75. The van der Waals surface area contributed by atoms with Crippen molar-refractivity contribution >= 4 is 40.9 Å². The van der Waals surface area contributed by atoms with Crippen LogP contribution in [-0.4, -0.2) is 23.5 Å². The summed E-state index contributed by atoms with van der Waals surface area (Å²) in [4.78, 5) is 37.6. The van der Waals surface area contributed by atoms with Gasteiger partial charge in [0, 0.05) is 28.3 Å². The Bertz CT molecular complexity index is 1160. The number of aryl methyl sites for hydroxylation is 1. The topological polar surface area (TPSA) is 84.5 Å². The first kappa shape index (κ1) is 20.7. The summed E-state index contributed by atoms with van der Waals surface area (Å²) < 4.78 is 5.44. The van der Waals surface area contributed by atoms with Crippen molar-refractivity contribution in [2.75, 3.05) is 16.4 Å². The van der Waals surface area contributed by atoms with Gasteiger partial charge in [-0.25, -0.2) is 4.79 Å². The first-order chi connectivity index (χ1) is 15.0. The van der Waals surface area contributed by atoms with E-state index in [1.54, 1.807) is 54.2 Å². The lowest BCUT2D eigenvalue weighted by Gasteiger charge is -2.10. The SMILES string of the molecule is Cc1cccc(C(=O)Nc2ccc(OC(=O)c3ccc4c(c3)NC(=O)CCS4)cc2)c1. The van der Waals surface area contributed by atoms with E-state index in [-0.39, 0.29) is 11.8 Å². The number of hydrogen-bond donors (Lipinski definition) is 2. The third-order valence-electron chi connectivity index (χ3n) is 4.68. The minimum atomic E-state index is -0.525. The van der Waals surface area contributed by atoms with E-state index >= 15 is 0 Å². The number of anilines is 2. The number of esters is 1. The molecule has 0 unspecified atom stereocenters. The third kappa shape index (κ3) is 5.13. The number of nitrogens with one attached hydrogen (secondary N) is 2. The van der Waals surface area contributed by atoms with Gasteiger partial charge in [-0.05, 0) is 61.5 Å². The number of rotatable bonds is 4. The van der Waals surface area contributed by atoms with Gasteiger partial charge in [-0.3, -0.25) is 9.59 Å². The molecular formula is C24H20N2O4S. The van der Waals surface area contributed by atoms with Crippen molar-refractivity contribution in [1.29, 1.82) is 0 Å². The van der Waals surface area contributed by atoms with Crippen molar-refractivity contribution in [3.8, 4) is 5.75 Å². The van der Waals surface area contributed by atoms with Crippen molar-refractivity contribution in [3.05, 3.63) is 83.4 Å². The van der Waals surface area contributed by atoms with Gasteiger partial charge in [-0.15, -0.1) is 11.8 Å². The first-order valence-electron chi connectivity index (χ1n) is 9.75. The molecule has 0 atom stereocenters. The summed E-state index contributed by atoms with van der Waals surface area (Å²) in [5.41, 5.74) is 3.14. The highest BCUT2D eigenvalue weighted by Crippen LogP contribution is 2.31. The number of amides is 2. The highest BCUT2D eigenvalue weighted by Gasteiger charge is 2.17. The summed E-state index contributed by atoms with van der Waals surface area (Å²) in [7, 11) is 0. The van der Waals surface area contributed by atoms with Gasteiger partial charge in [0.2, 0.25) is 5.91 Å². The van der Waals surface area contributed by atoms with E-state index < -0.39 is 5.97 Å². The predicted molar refractivity (Wildman–Crippen MR) is 121 cm³/mol. The molecule has 0 radical (unpaired) electrons. The molecule has 1 aliphatic heterocycles. The van der Waals surface area contributed by atoms with Gasteiger partial charge >= 0.3 is 5.97 Å². The zero-order valence-corrected chi connectivity index (χ0v) is 17.6. The fraction of sp³-hybridized carbons (Fsp3) is 0.125. The van der Waals surface area contributed by atoms with Gasteiger partial charge in [0.15, 0.2) is 0 Å². The lowest BCUT2D eigenvalue weighted by Crippen LogP contribution is -2.13. The molecule has 1 heterocycles. The average molecular weight is 433 g/mol. The van der Waals surface area contributed by atoms with E-state index in [4.69, 9.17) is 4.74 Å². The quantitative estimate of drug-likeness (QED) is 0.452. The Kier molecular flexibility index (Phi) is 6.04. The molecule has 7 heteroatoms. The molecule has 0 bridgehead atoms. The Morgan fingerprint density at radius 2 is 1.81 bits per heavy atom. The normalized spacial score (nSPS) is 12.9. The van der Waals surface area contributed by atoms with Crippen LogP contribution in [0.15, 0.2) is 71.6 Å². The molecule has 2 amide bonds. The van der Waals surface area contributed by atoms with Crippen LogP contribution in [0, 0.1) is 6.92 Å². The molecule has 3 aromatic carbocycles. The van der Waals surface area contributed by atoms with Gasteiger partial charge < -0.3 is 15.4 Å². The number of ether oxygens (including phenoxy) is 1. The van der Waals surface area contributed by atoms with Crippen molar-refractivity contribution < 1.29 is 19.1 Å². The fourth-order valence-electron chi connectivity index (χ4n) is 3.11. The molecule has 0 fully saturated rings. The summed E-state index contributed by atoms with van der Waals surface area (Å²) in [5.74, 6) is 0.253. The lowest BCUT2D eigenvalue weighted by atomic mass is 10.1. The molecule has 0 aliphatic carbocycles. The maximum Gasteiger partial charge on any atom is 0.343 e. The number of benzene rings is 3. The van der Waals surface area contributed by atoms with E-state index in [2.05, 4.69) is 10.6 Å². The maximum absolute atomic E-state index is 12.5. The number of thioether (sulfide) groups is 1. The monoisotopic (exact) mass is 432 g/mol. The summed E-state index contributed by atoms with van der Waals surface area (Å²) in [6.07, 6.45) is 0.436. The lowest BCUT2D eigenvalue weighted by molar-refractivity contribution is -0.115. The van der Waals surface area contributed by atoms with Crippen LogP contribution in [0.5, 0.6) is 5.75 Å². The Morgan fingerprint density at radius 1 is 1.00 bits per heavy atom. The molecule has 4 rings (SSSR count). The van der Waals surface area contributed by atoms with Crippen LogP contribution in [0.3, 0.4) is 0 Å². The minimum Gasteiger partial charge on any atom is -0.423 e. The highest BCUT2D eigenvalue weighted by atomic mass is 32.2. The van der Waals surface area contributed by atoms with Crippen molar-refractivity contribution in [2.24, 2.45) is 0 Å². The van der Waals surface area contributed by atoms with Gasteiger partial charge in [0.25, 0.3) is 5.91 Å². The molecule has 0 saturated heterocycles. The van der Waals surface area contributed by atoms with Crippen molar-refractivity contribution in [1.82, 2.24) is 0 Å². The Balaban J connectivity index is 1.41. The zero-order valence-electron chi connectivity index (χ0n) is 16.8. The summed E-state index contributed by atoms with van der Waals surface area (Å²) in [6.45, 7) is 1.93. The first-order valence-corrected chi connectivity index (χ1v) is 10.7. The standard InChI is InChI=1S/C24H20N2O4S/c1-15-3-2-4-16(13-15)23(28)25-18-6-8-19(9-7-18)30-24(29)17-5-10-21-20(14-17)26-22(27)11-12-31-21/h2-10,13-14H,11-12H2,1H3,(H,25,28)(H,26,27). The van der Waals surface area contributed by atoms with E-state index in [9.17, 15) is 14.4 Å². The molecule has 6 nitrogen and oxygen atoms in total. The van der Waals surface area contributed by atoms with Gasteiger partial charge in [-0.1, -0.05) is 17.7 Å². The Morgan fingerprint density at radius 3 is 2.58 bits per heavy atom. The number of carbonyl (C=O) groups is 3. The number of hydrogen-bond acceptors (Lipinski definition) is 5. The van der Waals surface area contributed by atoms with Crippen LogP contribution in [0.4, 0.5) is 11.4 Å². The van der Waals surface area contributed by atoms with E-state index in [0.29, 0.717) is 40.4 Å². The number of carbonyl (C=O) groups excluding carboxylic acids is 3. The van der Waals surface area contributed by atoms with E-state index in [1.807, 2.05) is 31.2 Å². The largest absolute Gasteiger partial charge is 0.423 e. The molecule has 0 saturated carbocycles. The zero-order chi connectivity index (χ0) is 21.8. The van der Waals surface area contributed by atoms with Crippen LogP contribution in [0.2, 0.25) is 0 Å². The fourth-order valence-corrected chi connectivity index (χ4v) is 4.05. The van der Waals surface area contributed by atoms with Gasteiger partial charge in [0.05, 0.1) is 11.3 Å². The highest BCUT2D eigenvalue weighted by molar-refractivity contribution is 7.99. The smallest absolute Gasteiger partial charge is 0.343 e. The molecule has 2 N–H and O–H groups in total. The summed E-state index contributed by atoms with van der Waals surface area (Å²) in [6, 6.07) is 19.0. The summed E-state index contributed by atoms with van der Waals surface area (Å²) in [5, 5.41) is 5.64. The number of fused-ring (bicyclic) bond motifs is 1. The minimum absolute atomic E-state index is 0.0694. The molecule has 156 valence electrons. The van der Waals surface area contributed by atoms with Crippen molar-refractivity contribution in [2.45, 2.75) is 18.2 Å².